The highest BCUT2D eigenvalue weighted by molar-refractivity contribution is 4.78. The van der Waals surface area contributed by atoms with Crippen LogP contribution in [0.15, 0.2) is 0 Å². The van der Waals surface area contributed by atoms with Gasteiger partial charge in [-0.25, -0.2) is 0 Å². The molecule has 1 aromatic rings. The quantitative estimate of drug-likeness (QED) is 0.520. The van der Waals surface area contributed by atoms with E-state index < -0.39 is 0 Å². The van der Waals surface area contributed by atoms with Gasteiger partial charge in [-0.15, -0.1) is 10.2 Å². The van der Waals surface area contributed by atoms with Gasteiger partial charge < -0.3 is 10.7 Å². The van der Waals surface area contributed by atoms with E-state index in [1.54, 1.807) is 0 Å². The number of nitrogens with two attached hydrogens (primary N) is 1. The molecule has 0 aliphatic heterocycles. The largest absolute Gasteiger partial charge is 0.330 e. The monoisotopic (exact) mass is 111 g/mol. The van der Waals surface area contributed by atoms with E-state index in [1.807, 2.05) is 0 Å². The number of hydrogen-bond donors (Lipinski definition) is 2. The Balaban J connectivity index is 2.50. The fraction of sp³-hybridized carbons (Fsp3) is 0.500. The van der Waals surface area contributed by atoms with Crippen molar-refractivity contribution in [3.05, 3.63) is 12.2 Å². The van der Waals surface area contributed by atoms with Gasteiger partial charge in [-0.2, -0.15) is 0 Å². The SMILES string of the molecule is NCCc1nn[c][nH]1. The van der Waals surface area contributed by atoms with Gasteiger partial charge in [0, 0.05) is 6.42 Å². The molecule has 0 unspecified atom stereocenters. The molecular formula is C4H7N4. The minimum Gasteiger partial charge on any atom is -0.330 e. The molecule has 1 rings (SSSR count). The minimum absolute atomic E-state index is 0.600. The summed E-state index contributed by atoms with van der Waals surface area (Å²) < 4.78 is 0. The lowest BCUT2D eigenvalue weighted by Crippen LogP contribution is -2.03. The third kappa shape index (κ3) is 1.04. The molecule has 0 aliphatic carbocycles. The van der Waals surface area contributed by atoms with Crippen LogP contribution in [0.1, 0.15) is 5.82 Å². The van der Waals surface area contributed by atoms with Gasteiger partial charge in [-0.3, -0.25) is 0 Å². The van der Waals surface area contributed by atoms with Gasteiger partial charge in [0.2, 0.25) is 0 Å². The lowest BCUT2D eigenvalue weighted by atomic mass is 10.4. The number of hydrogen-bond acceptors (Lipinski definition) is 3. The van der Waals surface area contributed by atoms with E-state index in [2.05, 4.69) is 21.5 Å². The van der Waals surface area contributed by atoms with Crippen LogP contribution in [0.25, 0.3) is 0 Å². The average Bonchev–Trinajstić information content (AvgIpc) is 2.19. The van der Waals surface area contributed by atoms with E-state index in [9.17, 15) is 0 Å². The molecular weight excluding hydrogens is 104 g/mol. The van der Waals surface area contributed by atoms with Crippen LogP contribution in [0.4, 0.5) is 0 Å². The molecule has 43 valence electrons. The molecule has 0 aliphatic rings. The fourth-order valence-corrected chi connectivity index (χ4v) is 0.449. The molecule has 0 saturated carbocycles. The summed E-state index contributed by atoms with van der Waals surface area (Å²) in [5.41, 5.74) is 5.22. The van der Waals surface area contributed by atoms with Crippen molar-refractivity contribution >= 4 is 0 Å². The van der Waals surface area contributed by atoms with Crippen LogP contribution >= 0.6 is 0 Å². The van der Waals surface area contributed by atoms with E-state index in [-0.39, 0.29) is 0 Å². The molecule has 0 aromatic carbocycles. The molecule has 0 fully saturated rings. The van der Waals surface area contributed by atoms with Gasteiger partial charge in [0.15, 0.2) is 6.33 Å². The summed E-state index contributed by atoms with van der Waals surface area (Å²) in [6.07, 6.45) is 3.22. The molecule has 0 spiro atoms. The molecule has 0 amide bonds. The number of H-pyrrole nitrogens is 1. The topological polar surface area (TPSA) is 67.6 Å². The van der Waals surface area contributed by atoms with Crippen molar-refractivity contribution in [3.63, 3.8) is 0 Å². The molecule has 1 radical (unpaired) electrons. The first-order valence-electron chi connectivity index (χ1n) is 2.41. The van der Waals surface area contributed by atoms with Crippen LogP contribution in [-0.2, 0) is 6.42 Å². The predicted octanol–water partition coefficient (Wildman–Crippen LogP) is -0.894. The van der Waals surface area contributed by atoms with Crippen molar-refractivity contribution in [1.29, 1.82) is 0 Å². The molecule has 3 N–H and O–H groups in total. The van der Waals surface area contributed by atoms with Crippen molar-refractivity contribution < 1.29 is 0 Å². The summed E-state index contributed by atoms with van der Waals surface area (Å²) in [5, 5.41) is 7.12. The predicted molar refractivity (Wildman–Crippen MR) is 28.0 cm³/mol. The minimum atomic E-state index is 0.600. The average molecular weight is 111 g/mol. The lowest BCUT2D eigenvalue weighted by molar-refractivity contribution is 0.874. The Kier molecular flexibility index (Phi) is 1.58. The van der Waals surface area contributed by atoms with E-state index in [1.165, 1.54) is 0 Å². The second-order valence-corrected chi connectivity index (χ2v) is 1.42. The van der Waals surface area contributed by atoms with Crippen LogP contribution in [0, 0.1) is 6.33 Å². The van der Waals surface area contributed by atoms with Crippen molar-refractivity contribution in [2.24, 2.45) is 5.73 Å². The number of nitrogens with one attached hydrogen (secondary N) is 1. The first-order chi connectivity index (χ1) is 3.93. The first-order valence-corrected chi connectivity index (χ1v) is 2.41. The highest BCUT2D eigenvalue weighted by Gasteiger charge is 1.89. The Hall–Kier alpha value is -0.900. The smallest absolute Gasteiger partial charge is 0.199 e. The number of aromatic nitrogens is 3. The van der Waals surface area contributed by atoms with E-state index in [4.69, 9.17) is 5.73 Å². The first kappa shape index (κ1) is 5.24. The second kappa shape index (κ2) is 2.42. The van der Waals surface area contributed by atoms with Crippen LogP contribution in [0.2, 0.25) is 0 Å². The van der Waals surface area contributed by atoms with E-state index in [0.717, 1.165) is 12.2 Å². The molecule has 4 heteroatoms. The normalized spacial score (nSPS) is 9.62. The zero-order valence-electron chi connectivity index (χ0n) is 4.39. The Morgan fingerprint density at radius 3 is 3.12 bits per heavy atom. The third-order valence-corrected chi connectivity index (χ3v) is 0.802. The van der Waals surface area contributed by atoms with Gasteiger partial charge >= 0.3 is 0 Å². The summed E-state index contributed by atoms with van der Waals surface area (Å²) in [4.78, 5) is 2.71. The highest BCUT2D eigenvalue weighted by Crippen LogP contribution is 1.81. The van der Waals surface area contributed by atoms with E-state index >= 15 is 0 Å². The van der Waals surface area contributed by atoms with Crippen LogP contribution in [0.3, 0.4) is 0 Å². The number of aromatic amines is 1. The van der Waals surface area contributed by atoms with Crippen molar-refractivity contribution in [1.82, 2.24) is 15.2 Å². The third-order valence-electron chi connectivity index (χ3n) is 0.802. The molecule has 0 atom stereocenters. The molecule has 0 bridgehead atoms. The summed E-state index contributed by atoms with van der Waals surface area (Å²) >= 11 is 0. The maximum absolute atomic E-state index is 5.22. The zero-order chi connectivity index (χ0) is 5.82. The standard InChI is InChI=1S/C4H7N4/c5-2-1-4-6-3-7-8-4/h1-2,5H2,(H,6,7,8). The number of nitrogens with zero attached hydrogens (tertiary/aromatic N) is 2. The summed E-state index contributed by atoms with van der Waals surface area (Å²) in [5.74, 6) is 0.799. The Morgan fingerprint density at radius 1 is 1.75 bits per heavy atom. The maximum Gasteiger partial charge on any atom is 0.199 e. The Bertz CT molecular complexity index is 134. The molecule has 0 saturated heterocycles. The molecule has 1 heterocycles. The summed E-state index contributed by atoms with van der Waals surface area (Å²) in [7, 11) is 0. The lowest BCUT2D eigenvalue weighted by Gasteiger charge is -1.84. The fourth-order valence-electron chi connectivity index (χ4n) is 0.449. The van der Waals surface area contributed by atoms with Crippen molar-refractivity contribution in [2.45, 2.75) is 6.42 Å². The Morgan fingerprint density at radius 2 is 2.62 bits per heavy atom. The van der Waals surface area contributed by atoms with Gasteiger partial charge in [0.25, 0.3) is 0 Å². The molecule has 1 aromatic heterocycles. The molecule has 4 nitrogen and oxygen atoms in total. The van der Waals surface area contributed by atoms with Crippen molar-refractivity contribution in [2.75, 3.05) is 6.54 Å². The van der Waals surface area contributed by atoms with Crippen molar-refractivity contribution in [3.8, 4) is 0 Å². The van der Waals surface area contributed by atoms with E-state index in [0.29, 0.717) is 6.54 Å². The number of rotatable bonds is 2. The van der Waals surface area contributed by atoms with Gasteiger partial charge in [-0.05, 0) is 6.54 Å². The zero-order valence-corrected chi connectivity index (χ0v) is 4.39. The second-order valence-electron chi connectivity index (χ2n) is 1.42. The molecule has 8 heavy (non-hydrogen) atoms. The van der Waals surface area contributed by atoms with Gasteiger partial charge in [0.1, 0.15) is 5.82 Å². The summed E-state index contributed by atoms with van der Waals surface area (Å²) in [6.45, 7) is 0.600. The summed E-state index contributed by atoms with van der Waals surface area (Å²) in [6, 6.07) is 0. The van der Waals surface area contributed by atoms with Crippen LogP contribution < -0.4 is 5.73 Å². The van der Waals surface area contributed by atoms with Gasteiger partial charge in [-0.1, -0.05) is 0 Å². The van der Waals surface area contributed by atoms with Crippen LogP contribution in [0.5, 0.6) is 0 Å². The Labute approximate surface area is 47.1 Å². The highest BCUT2D eigenvalue weighted by atomic mass is 15.2. The maximum atomic E-state index is 5.22. The van der Waals surface area contributed by atoms with Crippen LogP contribution in [-0.4, -0.2) is 21.7 Å². The van der Waals surface area contributed by atoms with Gasteiger partial charge in [0.05, 0.1) is 0 Å².